The van der Waals surface area contributed by atoms with Gasteiger partial charge < -0.3 is 19.7 Å². The Labute approximate surface area is 126 Å². The van der Waals surface area contributed by atoms with E-state index in [4.69, 9.17) is 9.47 Å². The van der Waals surface area contributed by atoms with Crippen molar-refractivity contribution in [2.45, 2.75) is 18.9 Å². The maximum absolute atomic E-state index is 12.8. The van der Waals surface area contributed by atoms with E-state index in [9.17, 15) is 4.79 Å². The van der Waals surface area contributed by atoms with Crippen molar-refractivity contribution in [2.75, 3.05) is 40.5 Å². The molecule has 5 heteroatoms. The number of benzene rings is 1. The number of rotatable bonds is 7. The number of methoxy groups -OCH3 is 2. The number of para-hydroxylation sites is 1. The van der Waals surface area contributed by atoms with Crippen molar-refractivity contribution in [2.24, 2.45) is 0 Å². The second-order valence-electron chi connectivity index (χ2n) is 5.24. The topological polar surface area (TPSA) is 50.8 Å². The molecular weight excluding hydrogens is 268 g/mol. The molecule has 5 nitrogen and oxygen atoms in total. The zero-order valence-corrected chi connectivity index (χ0v) is 12.8. The van der Waals surface area contributed by atoms with Crippen LogP contribution in [-0.4, -0.2) is 57.3 Å². The second-order valence-corrected chi connectivity index (χ2v) is 5.24. The number of hydrogen-bond acceptors (Lipinski definition) is 4. The van der Waals surface area contributed by atoms with Crippen LogP contribution in [0.4, 0.5) is 0 Å². The number of carbonyl (C=O) groups is 1. The van der Waals surface area contributed by atoms with Crippen LogP contribution < -0.4 is 10.1 Å². The lowest BCUT2D eigenvalue weighted by atomic mass is 10.1. The van der Waals surface area contributed by atoms with Crippen LogP contribution in [-0.2, 0) is 4.74 Å². The largest absolute Gasteiger partial charge is 0.496 e. The zero-order valence-electron chi connectivity index (χ0n) is 12.8. The second kappa shape index (κ2) is 8.00. The highest BCUT2D eigenvalue weighted by atomic mass is 16.5. The maximum atomic E-state index is 12.8. The van der Waals surface area contributed by atoms with Gasteiger partial charge in [0.05, 0.1) is 19.3 Å². The van der Waals surface area contributed by atoms with Crippen LogP contribution in [0.1, 0.15) is 23.2 Å². The van der Waals surface area contributed by atoms with Crippen molar-refractivity contribution < 1.29 is 14.3 Å². The van der Waals surface area contributed by atoms with Crippen LogP contribution in [0.15, 0.2) is 24.3 Å². The minimum Gasteiger partial charge on any atom is -0.496 e. The third kappa shape index (κ3) is 4.19. The molecule has 1 amide bonds. The van der Waals surface area contributed by atoms with E-state index in [1.54, 1.807) is 14.2 Å². The minimum atomic E-state index is -0.00167. The molecule has 0 radical (unpaired) electrons. The Bertz CT molecular complexity index is 459. The van der Waals surface area contributed by atoms with Gasteiger partial charge in [0.2, 0.25) is 0 Å². The van der Waals surface area contributed by atoms with Crippen molar-refractivity contribution >= 4 is 5.91 Å². The predicted octanol–water partition coefficient (Wildman–Crippen LogP) is 1.54. The third-order valence-corrected chi connectivity index (χ3v) is 3.79. The molecular formula is C16H24N2O3. The molecule has 1 aromatic rings. The first-order valence-electron chi connectivity index (χ1n) is 7.41. The summed E-state index contributed by atoms with van der Waals surface area (Å²) in [4.78, 5) is 14.6. The van der Waals surface area contributed by atoms with Crippen molar-refractivity contribution in [3.05, 3.63) is 29.8 Å². The van der Waals surface area contributed by atoms with E-state index < -0.39 is 0 Å². The Balaban J connectivity index is 2.11. The molecule has 21 heavy (non-hydrogen) atoms. The number of amides is 1. The van der Waals surface area contributed by atoms with Gasteiger partial charge in [0.25, 0.3) is 5.91 Å². The third-order valence-electron chi connectivity index (χ3n) is 3.79. The van der Waals surface area contributed by atoms with Crippen molar-refractivity contribution in [3.63, 3.8) is 0 Å². The maximum Gasteiger partial charge on any atom is 0.257 e. The van der Waals surface area contributed by atoms with E-state index in [2.05, 4.69) is 5.32 Å². The average Bonchev–Trinajstić information content (AvgIpc) is 3.03. The molecule has 0 aromatic heterocycles. The molecule has 1 aliphatic rings. The summed E-state index contributed by atoms with van der Waals surface area (Å²) in [5.74, 6) is 0.613. The van der Waals surface area contributed by atoms with Crippen LogP contribution in [0, 0.1) is 0 Å². The molecule has 2 rings (SSSR count). The molecule has 1 heterocycles. The molecule has 0 saturated carbocycles. The van der Waals surface area contributed by atoms with Gasteiger partial charge in [-0.2, -0.15) is 0 Å². The minimum absolute atomic E-state index is 0.00167. The predicted molar refractivity (Wildman–Crippen MR) is 81.8 cm³/mol. The van der Waals surface area contributed by atoms with Gasteiger partial charge in [0, 0.05) is 26.2 Å². The number of ether oxygens (including phenoxy) is 2. The summed E-state index contributed by atoms with van der Waals surface area (Å²) < 4.78 is 10.4. The highest BCUT2D eigenvalue weighted by Crippen LogP contribution is 2.20. The Morgan fingerprint density at radius 2 is 2.19 bits per heavy atom. The first-order chi connectivity index (χ1) is 10.3. The molecule has 1 saturated heterocycles. The molecule has 0 spiro atoms. The summed E-state index contributed by atoms with van der Waals surface area (Å²) in [5.41, 5.74) is 0.606. The molecule has 1 unspecified atom stereocenters. The van der Waals surface area contributed by atoms with Gasteiger partial charge in [-0.3, -0.25) is 4.79 Å². The lowest BCUT2D eigenvalue weighted by Gasteiger charge is -2.26. The Morgan fingerprint density at radius 3 is 2.86 bits per heavy atom. The van der Waals surface area contributed by atoms with E-state index in [-0.39, 0.29) is 5.91 Å². The molecule has 1 fully saturated rings. The number of nitrogens with zero attached hydrogens (tertiary/aromatic N) is 1. The van der Waals surface area contributed by atoms with E-state index in [0.717, 1.165) is 13.0 Å². The smallest absolute Gasteiger partial charge is 0.257 e. The van der Waals surface area contributed by atoms with Gasteiger partial charge in [-0.1, -0.05) is 12.1 Å². The summed E-state index contributed by atoms with van der Waals surface area (Å²) in [7, 11) is 3.24. The van der Waals surface area contributed by atoms with Crippen molar-refractivity contribution in [3.8, 4) is 5.75 Å². The fourth-order valence-corrected chi connectivity index (χ4v) is 2.65. The molecule has 0 bridgehead atoms. The Morgan fingerprint density at radius 1 is 1.38 bits per heavy atom. The van der Waals surface area contributed by atoms with Gasteiger partial charge in [0.15, 0.2) is 0 Å². The van der Waals surface area contributed by atoms with E-state index in [0.29, 0.717) is 37.1 Å². The summed E-state index contributed by atoms with van der Waals surface area (Å²) in [6.07, 6.45) is 2.29. The lowest BCUT2D eigenvalue weighted by molar-refractivity contribution is 0.0676. The van der Waals surface area contributed by atoms with Crippen molar-refractivity contribution in [1.82, 2.24) is 10.2 Å². The summed E-state index contributed by atoms with van der Waals surface area (Å²) in [6, 6.07) is 7.73. The van der Waals surface area contributed by atoms with E-state index >= 15 is 0 Å². The first-order valence-corrected chi connectivity index (χ1v) is 7.41. The normalized spacial score (nSPS) is 17.7. The average molecular weight is 292 g/mol. The van der Waals surface area contributed by atoms with Gasteiger partial charge >= 0.3 is 0 Å². The Kier molecular flexibility index (Phi) is 6.02. The SMILES string of the molecule is COCCN(CC1CCCN1)C(=O)c1ccccc1OC. The van der Waals surface area contributed by atoms with Crippen LogP contribution in [0.25, 0.3) is 0 Å². The molecule has 1 N–H and O–H groups in total. The summed E-state index contributed by atoms with van der Waals surface area (Å²) >= 11 is 0. The highest BCUT2D eigenvalue weighted by Gasteiger charge is 2.23. The monoisotopic (exact) mass is 292 g/mol. The standard InChI is InChI=1S/C16H24N2O3/c1-20-11-10-18(12-13-6-5-9-17-13)16(19)14-7-3-4-8-15(14)21-2/h3-4,7-8,13,17H,5-6,9-12H2,1-2H3. The van der Waals surface area contributed by atoms with Crippen LogP contribution in [0.3, 0.4) is 0 Å². The summed E-state index contributed by atoms with van der Waals surface area (Å²) in [6.45, 7) is 2.87. The molecule has 0 aliphatic carbocycles. The van der Waals surface area contributed by atoms with Crippen LogP contribution >= 0.6 is 0 Å². The van der Waals surface area contributed by atoms with Gasteiger partial charge in [-0.15, -0.1) is 0 Å². The molecule has 1 aliphatic heterocycles. The molecule has 1 aromatic carbocycles. The van der Waals surface area contributed by atoms with Gasteiger partial charge in [-0.25, -0.2) is 0 Å². The number of nitrogens with one attached hydrogen (secondary N) is 1. The van der Waals surface area contributed by atoms with E-state index in [1.165, 1.54) is 6.42 Å². The fourth-order valence-electron chi connectivity index (χ4n) is 2.65. The lowest BCUT2D eigenvalue weighted by Crippen LogP contribution is -2.42. The highest BCUT2D eigenvalue weighted by molar-refractivity contribution is 5.97. The van der Waals surface area contributed by atoms with Gasteiger partial charge in [0.1, 0.15) is 5.75 Å². The number of carbonyl (C=O) groups excluding carboxylic acids is 1. The fraction of sp³-hybridized carbons (Fsp3) is 0.562. The first kappa shape index (κ1) is 15.8. The Hall–Kier alpha value is -1.59. The van der Waals surface area contributed by atoms with Crippen molar-refractivity contribution in [1.29, 1.82) is 0 Å². The van der Waals surface area contributed by atoms with Gasteiger partial charge in [-0.05, 0) is 31.5 Å². The zero-order chi connectivity index (χ0) is 15.1. The van der Waals surface area contributed by atoms with E-state index in [1.807, 2.05) is 29.2 Å². The molecule has 116 valence electrons. The van der Waals surface area contributed by atoms with Crippen LogP contribution in [0.5, 0.6) is 5.75 Å². The number of hydrogen-bond donors (Lipinski definition) is 1. The summed E-state index contributed by atoms with van der Waals surface area (Å²) in [5, 5.41) is 3.43. The molecule has 1 atom stereocenters. The quantitative estimate of drug-likeness (QED) is 0.828. The van der Waals surface area contributed by atoms with Crippen LogP contribution in [0.2, 0.25) is 0 Å².